The van der Waals surface area contributed by atoms with E-state index in [-0.39, 0.29) is 29.8 Å². The maximum absolute atomic E-state index is 13.3. The summed E-state index contributed by atoms with van der Waals surface area (Å²) in [5, 5.41) is 7.05. The molecule has 0 atom stereocenters. The molecule has 1 aromatic heterocycles. The molecule has 6 heteroatoms. The Balaban J connectivity index is 0.00000220. The highest BCUT2D eigenvalue weighted by atomic mass is 127. The summed E-state index contributed by atoms with van der Waals surface area (Å²) in [6.07, 6.45) is 7.85. The van der Waals surface area contributed by atoms with E-state index < -0.39 is 0 Å². The van der Waals surface area contributed by atoms with Gasteiger partial charge < -0.3 is 15.6 Å². The van der Waals surface area contributed by atoms with Crippen molar-refractivity contribution < 1.29 is 4.39 Å². The molecule has 2 rings (SSSR count). The molecule has 0 saturated carbocycles. The van der Waals surface area contributed by atoms with Crippen molar-refractivity contribution in [3.63, 3.8) is 0 Å². The van der Waals surface area contributed by atoms with E-state index in [0.29, 0.717) is 19.0 Å². The Kier molecular flexibility index (Phi) is 7.02. The van der Waals surface area contributed by atoms with Crippen molar-refractivity contribution in [1.29, 1.82) is 0 Å². The van der Waals surface area contributed by atoms with Crippen LogP contribution in [0.15, 0.2) is 29.4 Å². The average molecular weight is 400 g/mol. The molecule has 0 aliphatic rings. The first-order valence-electron chi connectivity index (χ1n) is 6.38. The third-order valence-corrected chi connectivity index (χ3v) is 3.00. The van der Waals surface area contributed by atoms with Crippen molar-refractivity contribution in [2.75, 3.05) is 20.1 Å². The number of hydrogen-bond donors (Lipinski definition) is 3. The zero-order chi connectivity index (χ0) is 14.4. The van der Waals surface area contributed by atoms with E-state index >= 15 is 0 Å². The van der Waals surface area contributed by atoms with Gasteiger partial charge in [0.05, 0.1) is 6.54 Å². The number of nitrogens with one attached hydrogen (secondary N) is 3. The summed E-state index contributed by atoms with van der Waals surface area (Å²) in [7, 11) is 1.69. The highest BCUT2D eigenvalue weighted by Gasteiger charge is 2.05. The van der Waals surface area contributed by atoms with Crippen LogP contribution in [0.25, 0.3) is 10.9 Å². The van der Waals surface area contributed by atoms with Gasteiger partial charge in [0.2, 0.25) is 0 Å². The molecule has 2 aromatic rings. The molecule has 3 N–H and O–H groups in total. The number of halogens is 2. The Hall–Kier alpha value is -1.75. The normalized spacial score (nSPS) is 10.8. The van der Waals surface area contributed by atoms with E-state index in [4.69, 9.17) is 6.42 Å². The van der Waals surface area contributed by atoms with Crippen molar-refractivity contribution in [2.24, 2.45) is 4.99 Å². The van der Waals surface area contributed by atoms with Crippen LogP contribution in [0, 0.1) is 18.2 Å². The Morgan fingerprint density at radius 2 is 2.24 bits per heavy atom. The molecule has 0 fully saturated rings. The van der Waals surface area contributed by atoms with Gasteiger partial charge in [-0.3, -0.25) is 4.99 Å². The van der Waals surface area contributed by atoms with Gasteiger partial charge in [-0.05, 0) is 30.2 Å². The van der Waals surface area contributed by atoms with Crippen molar-refractivity contribution in [3.05, 3.63) is 35.8 Å². The number of aromatic amines is 1. The van der Waals surface area contributed by atoms with E-state index in [1.54, 1.807) is 19.2 Å². The van der Waals surface area contributed by atoms with E-state index in [1.165, 1.54) is 6.07 Å². The van der Waals surface area contributed by atoms with Crippen molar-refractivity contribution in [3.8, 4) is 12.3 Å². The lowest BCUT2D eigenvalue weighted by atomic mass is 10.1. The first-order chi connectivity index (χ1) is 9.74. The van der Waals surface area contributed by atoms with Gasteiger partial charge in [-0.1, -0.05) is 5.92 Å². The third kappa shape index (κ3) is 4.63. The molecule has 0 saturated heterocycles. The lowest BCUT2D eigenvalue weighted by molar-refractivity contribution is 0.629. The van der Waals surface area contributed by atoms with Gasteiger partial charge in [0.15, 0.2) is 5.96 Å². The third-order valence-electron chi connectivity index (χ3n) is 3.00. The fraction of sp³-hybridized carbons (Fsp3) is 0.267. The molecule has 0 aliphatic carbocycles. The van der Waals surface area contributed by atoms with E-state index in [1.807, 2.05) is 6.20 Å². The smallest absolute Gasteiger partial charge is 0.191 e. The van der Waals surface area contributed by atoms with Gasteiger partial charge in [0, 0.05) is 30.7 Å². The maximum atomic E-state index is 13.3. The number of terminal acetylenes is 1. The molecular formula is C15H18FIN4. The van der Waals surface area contributed by atoms with Crippen molar-refractivity contribution in [2.45, 2.75) is 6.42 Å². The lowest BCUT2D eigenvalue weighted by Crippen LogP contribution is -2.38. The zero-order valence-corrected chi connectivity index (χ0v) is 14.1. The molecule has 1 heterocycles. The largest absolute Gasteiger partial charge is 0.361 e. The molecule has 0 aliphatic heterocycles. The second-order valence-electron chi connectivity index (χ2n) is 4.31. The van der Waals surface area contributed by atoms with E-state index in [9.17, 15) is 4.39 Å². The number of aliphatic imine (C=N–C) groups is 1. The van der Waals surface area contributed by atoms with Crippen LogP contribution in [0.5, 0.6) is 0 Å². The molecule has 21 heavy (non-hydrogen) atoms. The van der Waals surface area contributed by atoms with Gasteiger partial charge in [0.1, 0.15) is 5.82 Å². The first kappa shape index (κ1) is 17.3. The van der Waals surface area contributed by atoms with Gasteiger partial charge in [0.25, 0.3) is 0 Å². The minimum atomic E-state index is -0.224. The van der Waals surface area contributed by atoms with Gasteiger partial charge in [-0.15, -0.1) is 30.4 Å². The Morgan fingerprint density at radius 1 is 1.43 bits per heavy atom. The SMILES string of the molecule is C#CCNC(=NC)NCCc1c[nH]c2ccc(F)cc12.I. The summed E-state index contributed by atoms with van der Waals surface area (Å²) < 4.78 is 13.3. The second kappa shape index (κ2) is 8.52. The van der Waals surface area contributed by atoms with E-state index in [0.717, 1.165) is 22.9 Å². The molecule has 0 spiro atoms. The second-order valence-corrected chi connectivity index (χ2v) is 4.31. The minimum Gasteiger partial charge on any atom is -0.361 e. The molecule has 112 valence electrons. The minimum absolute atomic E-state index is 0. The predicted molar refractivity (Wildman–Crippen MR) is 95.6 cm³/mol. The highest BCUT2D eigenvalue weighted by Crippen LogP contribution is 2.19. The van der Waals surface area contributed by atoms with Crippen LogP contribution in [-0.2, 0) is 6.42 Å². The number of fused-ring (bicyclic) bond motifs is 1. The first-order valence-corrected chi connectivity index (χ1v) is 6.38. The number of nitrogens with zero attached hydrogens (tertiary/aromatic N) is 1. The van der Waals surface area contributed by atoms with Crippen LogP contribution in [0.2, 0.25) is 0 Å². The average Bonchev–Trinajstić information content (AvgIpc) is 2.85. The lowest BCUT2D eigenvalue weighted by Gasteiger charge is -2.09. The fourth-order valence-corrected chi connectivity index (χ4v) is 2.03. The summed E-state index contributed by atoms with van der Waals surface area (Å²) in [5.41, 5.74) is 2.01. The summed E-state index contributed by atoms with van der Waals surface area (Å²) in [6.45, 7) is 1.12. The predicted octanol–water partition coefficient (Wildman–Crippen LogP) is 2.27. The molecular weight excluding hydrogens is 382 g/mol. The molecule has 4 nitrogen and oxygen atoms in total. The fourth-order valence-electron chi connectivity index (χ4n) is 2.03. The monoisotopic (exact) mass is 400 g/mol. The molecule has 0 amide bonds. The number of rotatable bonds is 4. The Labute approximate surface area is 140 Å². The quantitative estimate of drug-likeness (QED) is 0.319. The van der Waals surface area contributed by atoms with Crippen LogP contribution >= 0.6 is 24.0 Å². The van der Waals surface area contributed by atoms with Crippen LogP contribution in [-0.4, -0.2) is 31.1 Å². The number of H-pyrrole nitrogens is 1. The molecule has 0 bridgehead atoms. The maximum Gasteiger partial charge on any atom is 0.191 e. The van der Waals surface area contributed by atoms with E-state index in [2.05, 4.69) is 26.5 Å². The number of aromatic nitrogens is 1. The van der Waals surface area contributed by atoms with Crippen molar-refractivity contribution in [1.82, 2.24) is 15.6 Å². The Bertz CT molecular complexity index is 657. The molecule has 1 aromatic carbocycles. The molecule has 0 unspecified atom stereocenters. The van der Waals surface area contributed by atoms with Gasteiger partial charge >= 0.3 is 0 Å². The number of benzene rings is 1. The number of guanidine groups is 1. The number of hydrogen-bond acceptors (Lipinski definition) is 1. The van der Waals surface area contributed by atoms with Gasteiger partial charge in [-0.2, -0.15) is 0 Å². The zero-order valence-electron chi connectivity index (χ0n) is 11.7. The van der Waals surface area contributed by atoms with Crippen molar-refractivity contribution >= 4 is 40.8 Å². The van der Waals surface area contributed by atoms with Crippen LogP contribution < -0.4 is 10.6 Å². The van der Waals surface area contributed by atoms with Crippen LogP contribution in [0.1, 0.15) is 5.56 Å². The topological polar surface area (TPSA) is 52.2 Å². The van der Waals surface area contributed by atoms with Crippen LogP contribution in [0.4, 0.5) is 4.39 Å². The van der Waals surface area contributed by atoms with Gasteiger partial charge in [-0.25, -0.2) is 4.39 Å². The summed E-state index contributed by atoms with van der Waals surface area (Å²) in [4.78, 5) is 7.19. The highest BCUT2D eigenvalue weighted by molar-refractivity contribution is 14.0. The Morgan fingerprint density at radius 3 is 2.95 bits per heavy atom. The molecule has 0 radical (unpaired) electrons. The summed E-state index contributed by atoms with van der Waals surface area (Å²) >= 11 is 0. The summed E-state index contributed by atoms with van der Waals surface area (Å²) in [5.74, 6) is 2.93. The van der Waals surface area contributed by atoms with Crippen LogP contribution in [0.3, 0.4) is 0 Å². The standard InChI is InChI=1S/C15H17FN4.HI/c1-3-7-18-15(17-2)19-8-6-11-10-20-14-5-4-12(16)9-13(11)14;/h1,4-5,9-10,20H,6-8H2,2H3,(H2,17,18,19);1H. The summed E-state index contributed by atoms with van der Waals surface area (Å²) in [6, 6.07) is 4.74.